The minimum atomic E-state index is -0.519. The Labute approximate surface area is 184 Å². The number of ether oxygens (including phenoxy) is 1. The number of hydrogen-bond donors (Lipinski definition) is 2. The van der Waals surface area contributed by atoms with Crippen molar-refractivity contribution in [3.63, 3.8) is 0 Å². The van der Waals surface area contributed by atoms with E-state index in [1.807, 2.05) is 24.3 Å². The van der Waals surface area contributed by atoms with Crippen LogP contribution in [0.2, 0.25) is 5.02 Å². The highest BCUT2D eigenvalue weighted by Gasteiger charge is 2.15. The fourth-order valence-electron chi connectivity index (χ4n) is 2.66. The summed E-state index contributed by atoms with van der Waals surface area (Å²) in [6.07, 6.45) is 7.93. The Morgan fingerprint density at radius 2 is 1.84 bits per heavy atom. The van der Waals surface area contributed by atoms with Gasteiger partial charge in [0.05, 0.1) is 18.4 Å². The third-order valence-corrected chi connectivity index (χ3v) is 4.39. The zero-order valence-electron chi connectivity index (χ0n) is 16.6. The number of allylic oxidation sites excluding steroid dienone is 1. The van der Waals surface area contributed by atoms with Gasteiger partial charge in [-0.25, -0.2) is 5.43 Å². The van der Waals surface area contributed by atoms with E-state index >= 15 is 0 Å². The topological polar surface area (TPSA) is 92.7 Å². The van der Waals surface area contributed by atoms with Crippen molar-refractivity contribution >= 4 is 41.4 Å². The minimum Gasteiger partial charge on any atom is -0.496 e. The highest BCUT2D eigenvalue weighted by atomic mass is 35.5. The van der Waals surface area contributed by atoms with Gasteiger partial charge in [-0.3, -0.25) is 14.6 Å². The van der Waals surface area contributed by atoms with Crippen LogP contribution in [0.4, 0.5) is 5.69 Å². The van der Waals surface area contributed by atoms with E-state index in [1.54, 1.807) is 43.5 Å². The number of methoxy groups -OCH3 is 1. The number of aromatic nitrogens is 1. The highest BCUT2D eigenvalue weighted by Crippen LogP contribution is 2.22. The Morgan fingerprint density at radius 3 is 2.61 bits per heavy atom. The van der Waals surface area contributed by atoms with Crippen LogP contribution in [0.1, 0.15) is 26.3 Å². The van der Waals surface area contributed by atoms with E-state index in [0.717, 1.165) is 11.3 Å². The fraction of sp³-hybridized carbons (Fsp3) is 0.0435. The fourth-order valence-corrected chi connectivity index (χ4v) is 2.83. The van der Waals surface area contributed by atoms with Crippen molar-refractivity contribution in [2.75, 3.05) is 12.4 Å². The summed E-state index contributed by atoms with van der Waals surface area (Å²) in [5.41, 5.74) is 4.20. The Hall–Kier alpha value is -3.97. The lowest BCUT2D eigenvalue weighted by atomic mass is 10.1. The van der Waals surface area contributed by atoms with Gasteiger partial charge in [0, 0.05) is 34.8 Å². The summed E-state index contributed by atoms with van der Waals surface area (Å²) in [4.78, 5) is 28.9. The number of benzene rings is 2. The molecule has 0 aliphatic rings. The molecule has 31 heavy (non-hydrogen) atoms. The van der Waals surface area contributed by atoms with Crippen LogP contribution >= 0.6 is 11.6 Å². The van der Waals surface area contributed by atoms with Gasteiger partial charge in [0.15, 0.2) is 0 Å². The number of rotatable bonds is 7. The lowest BCUT2D eigenvalue weighted by Gasteiger charge is -2.10. The Kier molecular flexibility index (Phi) is 7.50. The largest absolute Gasteiger partial charge is 0.496 e. The molecule has 0 spiro atoms. The molecular formula is C23H19ClN4O3. The summed E-state index contributed by atoms with van der Waals surface area (Å²) in [6, 6.07) is 15.3. The van der Waals surface area contributed by atoms with Crippen molar-refractivity contribution in [1.29, 1.82) is 0 Å². The van der Waals surface area contributed by atoms with Gasteiger partial charge in [0.1, 0.15) is 5.75 Å². The van der Waals surface area contributed by atoms with Crippen LogP contribution in [-0.4, -0.2) is 30.1 Å². The van der Waals surface area contributed by atoms with Crippen molar-refractivity contribution in [1.82, 2.24) is 10.4 Å². The highest BCUT2D eigenvalue weighted by molar-refractivity contribution is 6.31. The zero-order valence-corrected chi connectivity index (χ0v) is 17.3. The molecule has 0 fully saturated rings. The Balaban J connectivity index is 1.68. The number of anilines is 1. The number of halogens is 1. The first-order valence-electron chi connectivity index (χ1n) is 9.22. The number of carbonyl (C=O) groups is 2. The maximum Gasteiger partial charge on any atom is 0.273 e. The van der Waals surface area contributed by atoms with Gasteiger partial charge in [-0.2, -0.15) is 5.10 Å². The number of para-hydroxylation sites is 1. The monoisotopic (exact) mass is 434 g/mol. The van der Waals surface area contributed by atoms with Crippen LogP contribution in [0.15, 0.2) is 78.2 Å². The zero-order chi connectivity index (χ0) is 22.1. The molecule has 7 nitrogen and oxygen atoms in total. The van der Waals surface area contributed by atoms with Gasteiger partial charge < -0.3 is 10.1 Å². The summed E-state index contributed by atoms with van der Waals surface area (Å²) in [5, 5.41) is 6.97. The number of hydrazone groups is 1. The summed E-state index contributed by atoms with van der Waals surface area (Å²) in [6.45, 7) is 0. The summed E-state index contributed by atoms with van der Waals surface area (Å²) < 4.78 is 5.27. The molecule has 1 heterocycles. The van der Waals surface area contributed by atoms with Crippen LogP contribution in [0, 0.1) is 0 Å². The molecule has 3 rings (SSSR count). The molecule has 0 aliphatic carbocycles. The molecule has 156 valence electrons. The molecule has 2 aromatic carbocycles. The summed E-state index contributed by atoms with van der Waals surface area (Å²) in [5.74, 6) is -0.166. The average Bonchev–Trinajstić information content (AvgIpc) is 2.80. The van der Waals surface area contributed by atoms with E-state index in [1.165, 1.54) is 24.7 Å². The molecule has 0 unspecified atom stereocenters. The maximum atomic E-state index is 12.6. The first-order chi connectivity index (χ1) is 15.1. The molecule has 3 aromatic rings. The number of carbonyl (C=O) groups excluding carboxylic acids is 2. The van der Waals surface area contributed by atoms with Crippen molar-refractivity contribution in [3.8, 4) is 5.75 Å². The molecule has 0 atom stereocenters. The minimum absolute atomic E-state index is 0.181. The predicted molar refractivity (Wildman–Crippen MR) is 122 cm³/mol. The van der Waals surface area contributed by atoms with E-state index in [9.17, 15) is 9.59 Å². The van der Waals surface area contributed by atoms with Crippen LogP contribution in [0.3, 0.4) is 0 Å². The standard InChI is InChI=1S/C23H19ClN4O3/c1-31-21-7-3-2-5-16(21)6-4-12-26-28-23(30)19-15-18(24)8-9-20(19)27-22(29)17-10-13-25-14-11-17/h2-15H,1H3,(H,27,29)(H,28,30)/b6-4+,26-12+. The molecule has 8 heteroatoms. The summed E-state index contributed by atoms with van der Waals surface area (Å²) in [7, 11) is 1.59. The van der Waals surface area contributed by atoms with Crippen molar-refractivity contribution in [2.45, 2.75) is 0 Å². The van der Waals surface area contributed by atoms with Gasteiger partial charge in [-0.1, -0.05) is 29.8 Å². The molecule has 0 radical (unpaired) electrons. The van der Waals surface area contributed by atoms with Gasteiger partial charge in [-0.15, -0.1) is 0 Å². The Morgan fingerprint density at radius 1 is 1.06 bits per heavy atom. The van der Waals surface area contributed by atoms with Crippen LogP contribution < -0.4 is 15.5 Å². The first kappa shape index (κ1) is 21.7. The summed E-state index contributed by atoms with van der Waals surface area (Å²) >= 11 is 6.03. The Bertz CT molecular complexity index is 1130. The van der Waals surface area contributed by atoms with Crippen molar-refractivity contribution in [2.24, 2.45) is 5.10 Å². The molecular weight excluding hydrogens is 416 g/mol. The normalized spacial score (nSPS) is 10.9. The van der Waals surface area contributed by atoms with Gasteiger partial charge in [-0.05, 0) is 48.6 Å². The number of pyridine rings is 1. The molecule has 2 amide bonds. The molecule has 0 aliphatic heterocycles. The number of amides is 2. The quantitative estimate of drug-likeness (QED) is 0.425. The molecule has 0 saturated carbocycles. The molecule has 0 bridgehead atoms. The van der Waals surface area contributed by atoms with E-state index < -0.39 is 5.91 Å². The first-order valence-corrected chi connectivity index (χ1v) is 9.60. The number of nitrogens with one attached hydrogen (secondary N) is 2. The second-order valence-electron chi connectivity index (χ2n) is 6.20. The number of hydrogen-bond acceptors (Lipinski definition) is 5. The molecule has 2 N–H and O–H groups in total. The van der Waals surface area contributed by atoms with E-state index in [0.29, 0.717) is 16.3 Å². The number of nitrogens with zero attached hydrogens (tertiary/aromatic N) is 2. The van der Waals surface area contributed by atoms with Crippen LogP contribution in [-0.2, 0) is 0 Å². The van der Waals surface area contributed by atoms with Gasteiger partial charge in [0.25, 0.3) is 11.8 Å². The SMILES string of the molecule is COc1ccccc1/C=C/C=N/NC(=O)c1cc(Cl)ccc1NC(=O)c1ccncc1. The smallest absolute Gasteiger partial charge is 0.273 e. The average molecular weight is 435 g/mol. The lowest BCUT2D eigenvalue weighted by Crippen LogP contribution is -2.21. The van der Waals surface area contributed by atoms with Crippen LogP contribution in [0.25, 0.3) is 6.08 Å². The maximum absolute atomic E-state index is 12.6. The van der Waals surface area contributed by atoms with Crippen LogP contribution in [0.5, 0.6) is 5.75 Å². The van der Waals surface area contributed by atoms with Gasteiger partial charge >= 0.3 is 0 Å². The third-order valence-electron chi connectivity index (χ3n) is 4.16. The van der Waals surface area contributed by atoms with E-state index in [-0.39, 0.29) is 11.5 Å². The van der Waals surface area contributed by atoms with Crippen molar-refractivity contribution < 1.29 is 14.3 Å². The second-order valence-corrected chi connectivity index (χ2v) is 6.64. The molecule has 1 aromatic heterocycles. The molecule has 0 saturated heterocycles. The second kappa shape index (κ2) is 10.7. The lowest BCUT2D eigenvalue weighted by molar-refractivity contribution is 0.0956. The van der Waals surface area contributed by atoms with Crippen molar-refractivity contribution in [3.05, 3.63) is 94.8 Å². The van der Waals surface area contributed by atoms with E-state index in [4.69, 9.17) is 16.3 Å². The van der Waals surface area contributed by atoms with Gasteiger partial charge in [0.2, 0.25) is 0 Å². The third kappa shape index (κ3) is 6.01. The predicted octanol–water partition coefficient (Wildman–Crippen LogP) is 4.42. The van der Waals surface area contributed by atoms with E-state index in [2.05, 4.69) is 20.8 Å².